The molecule has 0 atom stereocenters. The van der Waals surface area contributed by atoms with Crippen LogP contribution in [0.4, 0.5) is 4.39 Å². The monoisotopic (exact) mass is 509 g/mol. The van der Waals surface area contributed by atoms with E-state index in [4.69, 9.17) is 4.74 Å². The van der Waals surface area contributed by atoms with E-state index >= 15 is 0 Å². The molecule has 0 fully saturated rings. The highest BCUT2D eigenvalue weighted by atomic mass is 127. The van der Waals surface area contributed by atoms with Crippen molar-refractivity contribution in [2.45, 2.75) is 13.0 Å². The van der Waals surface area contributed by atoms with Gasteiger partial charge in [-0.05, 0) is 47.9 Å². The second-order valence-electron chi connectivity index (χ2n) is 6.19. The van der Waals surface area contributed by atoms with Gasteiger partial charge in [-0.1, -0.05) is 18.2 Å². The first kappa shape index (κ1) is 22.7. The first-order valence-electron chi connectivity index (χ1n) is 9.05. The second kappa shape index (κ2) is 11.4. The summed E-state index contributed by atoms with van der Waals surface area (Å²) < 4.78 is 20.5. The van der Waals surface area contributed by atoms with Crippen LogP contribution in [0.1, 0.15) is 11.1 Å². The third-order valence-electron chi connectivity index (χ3n) is 4.31. The van der Waals surface area contributed by atoms with Gasteiger partial charge in [0.15, 0.2) is 17.5 Å². The van der Waals surface area contributed by atoms with Crippen molar-refractivity contribution in [1.82, 2.24) is 20.4 Å². The Morgan fingerprint density at radius 2 is 1.90 bits per heavy atom. The highest BCUT2D eigenvalue weighted by Crippen LogP contribution is 2.17. The van der Waals surface area contributed by atoms with Crippen molar-refractivity contribution in [2.24, 2.45) is 4.99 Å². The lowest BCUT2D eigenvalue weighted by atomic mass is 10.1. The fraction of sp³-hybridized carbons (Fsp3) is 0.238. The molecule has 0 amide bonds. The van der Waals surface area contributed by atoms with E-state index in [-0.39, 0.29) is 35.5 Å². The summed E-state index contributed by atoms with van der Waals surface area (Å²) >= 11 is 0. The van der Waals surface area contributed by atoms with Crippen molar-refractivity contribution in [3.8, 4) is 11.4 Å². The van der Waals surface area contributed by atoms with Crippen molar-refractivity contribution in [1.29, 1.82) is 0 Å². The maximum absolute atomic E-state index is 13.8. The minimum atomic E-state index is -0.372. The van der Waals surface area contributed by atoms with Gasteiger partial charge in [0, 0.05) is 32.5 Å². The van der Waals surface area contributed by atoms with E-state index in [2.05, 4.69) is 32.9 Å². The van der Waals surface area contributed by atoms with E-state index in [0.29, 0.717) is 12.5 Å². The number of benzene rings is 2. The van der Waals surface area contributed by atoms with Crippen LogP contribution in [-0.2, 0) is 13.0 Å². The van der Waals surface area contributed by atoms with Gasteiger partial charge >= 0.3 is 0 Å². The highest BCUT2D eigenvalue weighted by molar-refractivity contribution is 14.0. The molecule has 0 saturated heterocycles. The molecule has 2 aromatic carbocycles. The fourth-order valence-electron chi connectivity index (χ4n) is 2.79. The number of aromatic nitrogens is 2. The van der Waals surface area contributed by atoms with Gasteiger partial charge in [0.25, 0.3) is 0 Å². The van der Waals surface area contributed by atoms with Crippen LogP contribution in [0.5, 0.6) is 5.75 Å². The molecule has 29 heavy (non-hydrogen) atoms. The largest absolute Gasteiger partial charge is 0.494 e. The first-order valence-corrected chi connectivity index (χ1v) is 9.05. The third kappa shape index (κ3) is 6.45. The van der Waals surface area contributed by atoms with Crippen LogP contribution in [-0.4, -0.2) is 36.4 Å². The fourth-order valence-corrected chi connectivity index (χ4v) is 2.79. The summed E-state index contributed by atoms with van der Waals surface area (Å²) in [5.41, 5.74) is 3.07. The van der Waals surface area contributed by atoms with E-state index < -0.39 is 0 Å². The van der Waals surface area contributed by atoms with Crippen molar-refractivity contribution in [2.75, 3.05) is 20.7 Å². The molecule has 8 heteroatoms. The SMILES string of the molecule is CN=C(NCCc1ccc(-n2cccn2)cc1)NCc1ccc(OC)c(F)c1.I. The molecule has 1 heterocycles. The minimum absolute atomic E-state index is 0. The van der Waals surface area contributed by atoms with Gasteiger partial charge < -0.3 is 15.4 Å². The Morgan fingerprint density at radius 3 is 2.52 bits per heavy atom. The number of rotatable bonds is 7. The van der Waals surface area contributed by atoms with E-state index in [1.165, 1.54) is 18.7 Å². The third-order valence-corrected chi connectivity index (χ3v) is 4.31. The summed E-state index contributed by atoms with van der Waals surface area (Å²) in [5.74, 6) is 0.539. The zero-order chi connectivity index (χ0) is 19.8. The molecular weight excluding hydrogens is 484 g/mol. The summed E-state index contributed by atoms with van der Waals surface area (Å²) in [6.07, 6.45) is 4.54. The molecule has 0 aliphatic carbocycles. The number of hydrogen-bond acceptors (Lipinski definition) is 3. The number of guanidine groups is 1. The normalized spacial score (nSPS) is 10.9. The quantitative estimate of drug-likeness (QED) is 0.291. The van der Waals surface area contributed by atoms with Crippen LogP contribution in [0.15, 0.2) is 65.9 Å². The molecule has 3 rings (SSSR count). The molecule has 0 bridgehead atoms. The summed E-state index contributed by atoms with van der Waals surface area (Å²) in [4.78, 5) is 4.20. The molecule has 0 aliphatic rings. The van der Waals surface area contributed by atoms with Crippen LogP contribution < -0.4 is 15.4 Å². The Balaban J connectivity index is 0.00000300. The van der Waals surface area contributed by atoms with Gasteiger partial charge in [-0.15, -0.1) is 24.0 Å². The standard InChI is InChI=1S/C21H24FN5O.HI/c1-23-21(25-15-17-6-9-20(28-2)19(22)14-17)24-12-10-16-4-7-18(8-5-16)27-13-3-11-26-27;/h3-9,11,13-14H,10,12,15H2,1-2H3,(H2,23,24,25);1H. The van der Waals surface area contributed by atoms with Crippen LogP contribution >= 0.6 is 24.0 Å². The topological polar surface area (TPSA) is 63.5 Å². The molecule has 3 aromatic rings. The predicted molar refractivity (Wildman–Crippen MR) is 124 cm³/mol. The van der Waals surface area contributed by atoms with Gasteiger partial charge in [-0.3, -0.25) is 4.99 Å². The Hall–Kier alpha value is -2.62. The minimum Gasteiger partial charge on any atom is -0.494 e. The average Bonchev–Trinajstić information content (AvgIpc) is 3.26. The Labute approximate surface area is 187 Å². The smallest absolute Gasteiger partial charge is 0.191 e. The molecule has 0 radical (unpaired) electrons. The number of nitrogens with zero attached hydrogens (tertiary/aromatic N) is 3. The van der Waals surface area contributed by atoms with E-state index in [1.807, 2.05) is 35.1 Å². The van der Waals surface area contributed by atoms with E-state index in [1.54, 1.807) is 19.3 Å². The zero-order valence-corrected chi connectivity index (χ0v) is 18.8. The predicted octanol–water partition coefficient (Wildman–Crippen LogP) is 3.55. The van der Waals surface area contributed by atoms with Crippen molar-refractivity contribution < 1.29 is 9.13 Å². The Morgan fingerprint density at radius 1 is 1.14 bits per heavy atom. The van der Waals surface area contributed by atoms with Crippen LogP contribution in [0.3, 0.4) is 0 Å². The van der Waals surface area contributed by atoms with Crippen molar-refractivity contribution in [3.05, 3.63) is 77.9 Å². The number of nitrogens with one attached hydrogen (secondary N) is 2. The number of aliphatic imine (C=N–C) groups is 1. The molecule has 2 N–H and O–H groups in total. The van der Waals surface area contributed by atoms with Crippen LogP contribution in [0.25, 0.3) is 5.69 Å². The molecular formula is C21H25FIN5O. The van der Waals surface area contributed by atoms with Crippen LogP contribution in [0, 0.1) is 5.82 Å². The Bertz CT molecular complexity index is 913. The molecule has 6 nitrogen and oxygen atoms in total. The summed E-state index contributed by atoms with van der Waals surface area (Å²) in [6.45, 7) is 1.21. The lowest BCUT2D eigenvalue weighted by Crippen LogP contribution is -2.37. The molecule has 154 valence electrons. The number of hydrogen-bond donors (Lipinski definition) is 2. The maximum atomic E-state index is 13.8. The first-order chi connectivity index (χ1) is 13.7. The van der Waals surface area contributed by atoms with E-state index in [9.17, 15) is 4.39 Å². The van der Waals surface area contributed by atoms with E-state index in [0.717, 1.165) is 24.2 Å². The average molecular weight is 509 g/mol. The number of methoxy groups -OCH3 is 1. The Kier molecular flexibility index (Phi) is 8.91. The van der Waals surface area contributed by atoms with Gasteiger partial charge in [-0.25, -0.2) is 9.07 Å². The van der Waals surface area contributed by atoms with Gasteiger partial charge in [0.2, 0.25) is 0 Å². The summed E-state index contributed by atoms with van der Waals surface area (Å²) in [5, 5.41) is 10.7. The zero-order valence-electron chi connectivity index (χ0n) is 16.4. The van der Waals surface area contributed by atoms with Gasteiger partial charge in [0.05, 0.1) is 12.8 Å². The molecule has 1 aromatic heterocycles. The van der Waals surface area contributed by atoms with Gasteiger partial charge in [-0.2, -0.15) is 5.10 Å². The molecule has 0 unspecified atom stereocenters. The number of halogens is 2. The number of ether oxygens (including phenoxy) is 1. The molecule has 0 saturated carbocycles. The summed E-state index contributed by atoms with van der Waals surface area (Å²) in [7, 11) is 3.16. The highest BCUT2D eigenvalue weighted by Gasteiger charge is 2.04. The second-order valence-corrected chi connectivity index (χ2v) is 6.19. The van der Waals surface area contributed by atoms with Gasteiger partial charge in [0.1, 0.15) is 0 Å². The van der Waals surface area contributed by atoms with Crippen molar-refractivity contribution in [3.63, 3.8) is 0 Å². The maximum Gasteiger partial charge on any atom is 0.191 e. The molecule has 0 spiro atoms. The lowest BCUT2D eigenvalue weighted by molar-refractivity contribution is 0.386. The van der Waals surface area contributed by atoms with Crippen LogP contribution in [0.2, 0.25) is 0 Å². The molecule has 0 aliphatic heterocycles. The van der Waals surface area contributed by atoms with Crippen molar-refractivity contribution >= 4 is 29.9 Å². The summed E-state index contributed by atoms with van der Waals surface area (Å²) in [6, 6.07) is 15.1. The lowest BCUT2D eigenvalue weighted by Gasteiger charge is -2.13.